The molecule has 0 aliphatic carbocycles. The molecule has 1 aliphatic rings. The van der Waals surface area contributed by atoms with Gasteiger partial charge in [0, 0.05) is 12.6 Å². The lowest BCUT2D eigenvalue weighted by atomic mass is 10.0. The number of ether oxygens (including phenoxy) is 1. The van der Waals surface area contributed by atoms with Crippen molar-refractivity contribution in [1.29, 1.82) is 0 Å². The van der Waals surface area contributed by atoms with Crippen molar-refractivity contribution in [3.63, 3.8) is 0 Å². The number of ketones is 1. The largest absolute Gasteiger partial charge is 0.482 e. The van der Waals surface area contributed by atoms with Crippen LogP contribution in [-0.4, -0.2) is 16.9 Å². The van der Waals surface area contributed by atoms with Crippen LogP contribution in [0.4, 0.5) is 5.82 Å². The number of carbonyl (C=O) groups is 1. The van der Waals surface area contributed by atoms with Crippen molar-refractivity contribution in [1.82, 2.24) is 4.98 Å². The molecule has 4 heteroatoms. The fourth-order valence-electron chi connectivity index (χ4n) is 2.28. The number of pyridine rings is 1. The van der Waals surface area contributed by atoms with E-state index in [1.54, 1.807) is 12.3 Å². The number of fused-ring (bicyclic) bond motifs is 1. The van der Waals surface area contributed by atoms with Gasteiger partial charge >= 0.3 is 0 Å². The van der Waals surface area contributed by atoms with Gasteiger partial charge in [-0.1, -0.05) is 18.2 Å². The van der Waals surface area contributed by atoms with Gasteiger partial charge in [-0.15, -0.1) is 0 Å². The van der Waals surface area contributed by atoms with E-state index in [4.69, 9.17) is 10.5 Å². The topological polar surface area (TPSA) is 65.2 Å². The van der Waals surface area contributed by atoms with Crippen LogP contribution >= 0.6 is 0 Å². The van der Waals surface area contributed by atoms with Gasteiger partial charge in [0.15, 0.2) is 6.10 Å². The Balaban J connectivity index is 1.89. The minimum atomic E-state index is -0.497. The van der Waals surface area contributed by atoms with Crippen LogP contribution in [0.3, 0.4) is 0 Å². The number of carbonyl (C=O) groups excluding carboxylic acids is 1. The highest BCUT2D eigenvalue weighted by atomic mass is 16.5. The maximum absolute atomic E-state index is 12.4. The monoisotopic (exact) mass is 254 g/mol. The molecular weight excluding hydrogens is 240 g/mol. The molecule has 0 spiro atoms. The van der Waals surface area contributed by atoms with E-state index in [1.807, 2.05) is 31.2 Å². The second kappa shape index (κ2) is 4.39. The van der Waals surface area contributed by atoms with Crippen molar-refractivity contribution in [3.05, 3.63) is 53.2 Å². The number of aryl methyl sites for hydroxylation is 1. The molecule has 0 saturated carbocycles. The molecule has 1 unspecified atom stereocenters. The number of nitrogens with two attached hydrogens (primary N) is 1. The van der Waals surface area contributed by atoms with E-state index in [2.05, 4.69) is 4.98 Å². The maximum atomic E-state index is 12.4. The van der Waals surface area contributed by atoms with Gasteiger partial charge < -0.3 is 10.5 Å². The smallest absolute Gasteiger partial charge is 0.207 e. The number of para-hydroxylation sites is 1. The third-order valence-electron chi connectivity index (χ3n) is 3.26. The summed E-state index contributed by atoms with van der Waals surface area (Å²) in [6.45, 7) is 1.88. The predicted molar refractivity (Wildman–Crippen MR) is 72.3 cm³/mol. The Hall–Kier alpha value is -2.36. The summed E-state index contributed by atoms with van der Waals surface area (Å²) < 4.78 is 5.69. The third-order valence-corrected chi connectivity index (χ3v) is 3.26. The van der Waals surface area contributed by atoms with Gasteiger partial charge in [-0.2, -0.15) is 0 Å². The quantitative estimate of drug-likeness (QED) is 0.834. The lowest BCUT2D eigenvalue weighted by Crippen LogP contribution is -2.26. The summed E-state index contributed by atoms with van der Waals surface area (Å²) in [5, 5.41) is 0. The molecule has 0 saturated heterocycles. The zero-order valence-electron chi connectivity index (χ0n) is 10.6. The third kappa shape index (κ3) is 2.05. The van der Waals surface area contributed by atoms with E-state index >= 15 is 0 Å². The van der Waals surface area contributed by atoms with E-state index in [0.717, 1.165) is 16.9 Å². The number of nitrogen functional groups attached to an aromatic ring is 1. The summed E-state index contributed by atoms with van der Waals surface area (Å²) in [4.78, 5) is 16.5. The highest BCUT2D eigenvalue weighted by molar-refractivity contribution is 6.03. The fraction of sp³-hybridized carbons (Fsp3) is 0.200. The first-order valence-corrected chi connectivity index (χ1v) is 6.16. The van der Waals surface area contributed by atoms with Crippen LogP contribution in [-0.2, 0) is 6.42 Å². The lowest BCUT2D eigenvalue weighted by Gasteiger charge is -2.11. The Labute approximate surface area is 111 Å². The van der Waals surface area contributed by atoms with Crippen LogP contribution in [0.5, 0.6) is 5.75 Å². The van der Waals surface area contributed by atoms with Gasteiger partial charge in [0.2, 0.25) is 5.78 Å². The van der Waals surface area contributed by atoms with Crippen LogP contribution in [0.2, 0.25) is 0 Å². The van der Waals surface area contributed by atoms with Gasteiger partial charge in [-0.3, -0.25) is 4.79 Å². The van der Waals surface area contributed by atoms with Crippen molar-refractivity contribution >= 4 is 11.6 Å². The van der Waals surface area contributed by atoms with E-state index in [0.29, 0.717) is 12.0 Å². The average molecular weight is 254 g/mol. The molecule has 1 aromatic carbocycles. The summed E-state index contributed by atoms with van der Waals surface area (Å²) in [7, 11) is 0. The van der Waals surface area contributed by atoms with Gasteiger partial charge in [-0.25, -0.2) is 4.98 Å². The number of Topliss-reactive ketones (excluding diaryl/α,β-unsaturated/α-hetero) is 1. The van der Waals surface area contributed by atoms with E-state index in [1.165, 1.54) is 0 Å². The SMILES string of the molecule is Cc1cnc(N)c(C(=O)C2Cc3ccccc3O2)c1. The first-order chi connectivity index (χ1) is 9.15. The molecule has 3 rings (SSSR count). The number of hydrogen-bond acceptors (Lipinski definition) is 4. The number of rotatable bonds is 2. The molecule has 1 aliphatic heterocycles. The lowest BCUT2D eigenvalue weighted by molar-refractivity contribution is 0.0825. The molecular formula is C15H14N2O2. The predicted octanol–water partition coefficient (Wildman–Crippen LogP) is 2.16. The second-order valence-electron chi connectivity index (χ2n) is 4.73. The Morgan fingerprint density at radius 2 is 2.21 bits per heavy atom. The number of nitrogens with zero attached hydrogens (tertiary/aromatic N) is 1. The van der Waals surface area contributed by atoms with Crippen molar-refractivity contribution in [2.45, 2.75) is 19.4 Å². The highest BCUT2D eigenvalue weighted by Gasteiger charge is 2.30. The van der Waals surface area contributed by atoms with E-state index in [9.17, 15) is 4.79 Å². The van der Waals surface area contributed by atoms with Crippen molar-refractivity contribution in [2.24, 2.45) is 0 Å². The Morgan fingerprint density at radius 1 is 1.42 bits per heavy atom. The molecule has 96 valence electrons. The first-order valence-electron chi connectivity index (χ1n) is 6.16. The summed E-state index contributed by atoms with van der Waals surface area (Å²) >= 11 is 0. The fourth-order valence-corrected chi connectivity index (χ4v) is 2.28. The standard InChI is InChI=1S/C15H14N2O2/c1-9-6-11(15(16)17-8-9)14(18)13-7-10-4-2-3-5-12(10)19-13/h2-6,8,13H,7H2,1H3,(H2,16,17). The zero-order chi connectivity index (χ0) is 13.4. The Morgan fingerprint density at radius 3 is 3.00 bits per heavy atom. The number of anilines is 1. The molecule has 2 aromatic rings. The number of hydrogen-bond donors (Lipinski definition) is 1. The average Bonchev–Trinajstić information content (AvgIpc) is 2.84. The minimum absolute atomic E-state index is 0.107. The molecule has 2 N–H and O–H groups in total. The molecule has 0 fully saturated rings. The zero-order valence-corrected chi connectivity index (χ0v) is 10.6. The molecule has 0 bridgehead atoms. The normalized spacial score (nSPS) is 16.8. The van der Waals surface area contributed by atoms with Crippen LogP contribution in [0, 0.1) is 6.92 Å². The minimum Gasteiger partial charge on any atom is -0.482 e. The van der Waals surface area contributed by atoms with Crippen LogP contribution in [0.1, 0.15) is 21.5 Å². The molecule has 0 radical (unpaired) electrons. The molecule has 19 heavy (non-hydrogen) atoms. The van der Waals surface area contributed by atoms with Gasteiger partial charge in [0.05, 0.1) is 5.56 Å². The molecule has 1 aromatic heterocycles. The van der Waals surface area contributed by atoms with E-state index < -0.39 is 6.10 Å². The number of aromatic nitrogens is 1. The van der Waals surface area contributed by atoms with Crippen molar-refractivity contribution < 1.29 is 9.53 Å². The first kappa shape index (κ1) is 11.7. The van der Waals surface area contributed by atoms with Crippen molar-refractivity contribution in [2.75, 3.05) is 5.73 Å². The Kier molecular flexibility index (Phi) is 2.71. The van der Waals surface area contributed by atoms with Crippen LogP contribution in [0.25, 0.3) is 0 Å². The van der Waals surface area contributed by atoms with Gasteiger partial charge in [-0.05, 0) is 30.2 Å². The maximum Gasteiger partial charge on any atom is 0.207 e. The Bertz CT molecular complexity index is 627. The van der Waals surface area contributed by atoms with Crippen molar-refractivity contribution in [3.8, 4) is 5.75 Å². The highest BCUT2D eigenvalue weighted by Crippen LogP contribution is 2.30. The summed E-state index contributed by atoms with van der Waals surface area (Å²) in [5.74, 6) is 0.931. The molecule has 4 nitrogen and oxygen atoms in total. The van der Waals surface area contributed by atoms with Gasteiger partial charge in [0.1, 0.15) is 11.6 Å². The number of benzene rings is 1. The molecule has 2 heterocycles. The van der Waals surface area contributed by atoms with E-state index in [-0.39, 0.29) is 11.6 Å². The summed E-state index contributed by atoms with van der Waals surface area (Å²) in [6, 6.07) is 9.45. The van der Waals surface area contributed by atoms with Crippen LogP contribution in [0.15, 0.2) is 36.5 Å². The summed E-state index contributed by atoms with van der Waals surface area (Å²) in [6.07, 6.45) is 1.74. The van der Waals surface area contributed by atoms with Gasteiger partial charge in [0.25, 0.3) is 0 Å². The molecule has 0 amide bonds. The van der Waals surface area contributed by atoms with Crippen LogP contribution < -0.4 is 10.5 Å². The summed E-state index contributed by atoms with van der Waals surface area (Å²) in [5.41, 5.74) is 8.18. The molecule has 1 atom stereocenters. The second-order valence-corrected chi connectivity index (χ2v) is 4.73.